The Morgan fingerprint density at radius 2 is 2.24 bits per heavy atom. The second kappa shape index (κ2) is 5.09. The van der Waals surface area contributed by atoms with Gasteiger partial charge in [0.2, 0.25) is 5.91 Å². The van der Waals surface area contributed by atoms with Crippen molar-refractivity contribution >= 4 is 27.5 Å². The lowest BCUT2D eigenvalue weighted by molar-refractivity contribution is -0.113. The molecule has 0 fully saturated rings. The van der Waals surface area contributed by atoms with E-state index in [1.165, 1.54) is 0 Å². The van der Waals surface area contributed by atoms with E-state index < -0.39 is 0 Å². The van der Waals surface area contributed by atoms with Crippen LogP contribution in [0.1, 0.15) is 0 Å². The van der Waals surface area contributed by atoms with E-state index in [0.717, 1.165) is 17.1 Å². The number of hydrogen-bond acceptors (Lipinski definition) is 3. The summed E-state index contributed by atoms with van der Waals surface area (Å²) in [6.45, 7) is 0. The van der Waals surface area contributed by atoms with Crippen LogP contribution in [0.3, 0.4) is 0 Å². The molecular weight excluding hydrogens is 284 g/mol. The average molecular weight is 295 g/mol. The molecule has 0 saturated heterocycles. The molecule has 5 nitrogen and oxygen atoms in total. The first-order chi connectivity index (χ1) is 8.22. The van der Waals surface area contributed by atoms with Gasteiger partial charge in [-0.15, -0.1) is 10.2 Å². The van der Waals surface area contributed by atoms with Crippen LogP contribution in [-0.4, -0.2) is 26.0 Å². The van der Waals surface area contributed by atoms with Crippen molar-refractivity contribution in [3.8, 4) is 11.4 Å². The molecule has 1 heterocycles. The number of hydrogen-bond donors (Lipinski definition) is 1. The van der Waals surface area contributed by atoms with Gasteiger partial charge >= 0.3 is 0 Å². The van der Waals surface area contributed by atoms with Crippen LogP contribution < -0.4 is 5.32 Å². The van der Waals surface area contributed by atoms with Gasteiger partial charge in [-0.3, -0.25) is 4.79 Å². The quantitative estimate of drug-likeness (QED) is 0.879. The van der Waals surface area contributed by atoms with E-state index >= 15 is 0 Å². The first kappa shape index (κ1) is 11.8. The van der Waals surface area contributed by atoms with Gasteiger partial charge in [0.1, 0.15) is 6.33 Å². The van der Waals surface area contributed by atoms with Crippen molar-refractivity contribution in [1.82, 2.24) is 14.8 Å². The van der Waals surface area contributed by atoms with E-state index in [0.29, 0.717) is 0 Å². The van der Waals surface area contributed by atoms with Gasteiger partial charge in [0.25, 0.3) is 0 Å². The van der Waals surface area contributed by atoms with Crippen LogP contribution in [0.25, 0.3) is 11.4 Å². The van der Waals surface area contributed by atoms with E-state index in [2.05, 4.69) is 31.4 Å². The molecule has 1 N–H and O–H groups in total. The summed E-state index contributed by atoms with van der Waals surface area (Å²) >= 11 is 3.11. The van der Waals surface area contributed by atoms with Crippen LogP contribution in [0.4, 0.5) is 5.69 Å². The Labute approximate surface area is 107 Å². The Balaban J connectivity index is 2.41. The maximum Gasteiger partial charge on any atom is 0.235 e. The Morgan fingerprint density at radius 1 is 1.47 bits per heavy atom. The number of halogens is 1. The summed E-state index contributed by atoms with van der Waals surface area (Å²) in [5.41, 5.74) is 1.58. The highest BCUT2D eigenvalue weighted by Crippen LogP contribution is 2.25. The molecule has 0 unspecified atom stereocenters. The Bertz CT molecular complexity index is 538. The zero-order chi connectivity index (χ0) is 12.3. The molecule has 2 aromatic rings. The first-order valence-electron chi connectivity index (χ1n) is 5.01. The van der Waals surface area contributed by atoms with Gasteiger partial charge in [-0.05, 0) is 12.1 Å². The number of anilines is 1. The standard InChI is InChI=1S/C11H11BrN4O/c1-16-7-13-15-11(16)8-4-2-3-5-9(8)14-10(17)6-12/h2-5,7H,6H2,1H3,(H,14,17). The summed E-state index contributed by atoms with van der Waals surface area (Å²) in [5, 5.41) is 10.9. The van der Waals surface area contributed by atoms with Gasteiger partial charge in [0, 0.05) is 12.6 Å². The predicted molar refractivity (Wildman–Crippen MR) is 68.9 cm³/mol. The van der Waals surface area contributed by atoms with Crippen molar-refractivity contribution < 1.29 is 4.79 Å². The molecule has 0 radical (unpaired) electrons. The molecule has 0 aliphatic heterocycles. The third kappa shape index (κ3) is 2.52. The lowest BCUT2D eigenvalue weighted by Crippen LogP contribution is -2.13. The number of aromatic nitrogens is 3. The number of benzene rings is 1. The van der Waals surface area contributed by atoms with E-state index in [1.54, 1.807) is 10.9 Å². The molecule has 6 heteroatoms. The summed E-state index contributed by atoms with van der Waals surface area (Å²) in [6, 6.07) is 7.50. The fourth-order valence-electron chi connectivity index (χ4n) is 1.50. The van der Waals surface area contributed by atoms with Crippen LogP contribution in [0.15, 0.2) is 30.6 Å². The molecule has 0 aliphatic rings. The van der Waals surface area contributed by atoms with Gasteiger partial charge < -0.3 is 9.88 Å². The molecule has 2 rings (SSSR count). The Kier molecular flexibility index (Phi) is 3.53. The van der Waals surface area contributed by atoms with Crippen LogP contribution in [-0.2, 0) is 11.8 Å². The summed E-state index contributed by atoms with van der Waals surface area (Å²) < 4.78 is 1.80. The number of carbonyl (C=O) groups excluding carboxylic acids is 1. The van der Waals surface area contributed by atoms with Crippen molar-refractivity contribution in [3.63, 3.8) is 0 Å². The summed E-state index contributed by atoms with van der Waals surface area (Å²) in [6.07, 6.45) is 1.62. The van der Waals surface area contributed by atoms with E-state index in [1.807, 2.05) is 31.3 Å². The van der Waals surface area contributed by atoms with Gasteiger partial charge in [0.05, 0.1) is 11.0 Å². The molecule has 1 aromatic carbocycles. The zero-order valence-electron chi connectivity index (χ0n) is 9.22. The third-order valence-electron chi connectivity index (χ3n) is 2.27. The largest absolute Gasteiger partial charge is 0.325 e. The maximum atomic E-state index is 11.4. The third-order valence-corrected chi connectivity index (χ3v) is 2.78. The molecule has 0 spiro atoms. The van der Waals surface area contributed by atoms with Gasteiger partial charge in [-0.1, -0.05) is 28.1 Å². The highest BCUT2D eigenvalue weighted by Gasteiger charge is 2.11. The monoisotopic (exact) mass is 294 g/mol. The zero-order valence-corrected chi connectivity index (χ0v) is 10.8. The lowest BCUT2D eigenvalue weighted by atomic mass is 10.1. The van der Waals surface area contributed by atoms with Crippen LogP contribution in [0, 0.1) is 0 Å². The van der Waals surface area contributed by atoms with Crippen molar-refractivity contribution in [1.29, 1.82) is 0 Å². The van der Waals surface area contributed by atoms with Crippen LogP contribution in [0.5, 0.6) is 0 Å². The van der Waals surface area contributed by atoms with Crippen molar-refractivity contribution in [2.45, 2.75) is 0 Å². The Hall–Kier alpha value is -1.69. The number of carbonyl (C=O) groups is 1. The fourth-order valence-corrected chi connectivity index (χ4v) is 1.64. The maximum absolute atomic E-state index is 11.4. The molecule has 0 aliphatic carbocycles. The Morgan fingerprint density at radius 3 is 2.88 bits per heavy atom. The van der Waals surface area contributed by atoms with Gasteiger partial charge in [-0.25, -0.2) is 0 Å². The molecule has 88 valence electrons. The molecule has 0 bridgehead atoms. The van der Waals surface area contributed by atoms with Gasteiger partial charge in [-0.2, -0.15) is 0 Å². The van der Waals surface area contributed by atoms with E-state index in [4.69, 9.17) is 0 Å². The number of rotatable bonds is 3. The number of nitrogens with zero attached hydrogens (tertiary/aromatic N) is 3. The second-order valence-electron chi connectivity index (χ2n) is 3.49. The number of aryl methyl sites for hydroxylation is 1. The van der Waals surface area contributed by atoms with Crippen molar-refractivity contribution in [2.24, 2.45) is 7.05 Å². The predicted octanol–water partition coefficient (Wildman–Crippen LogP) is 1.82. The van der Waals surface area contributed by atoms with Crippen LogP contribution in [0.2, 0.25) is 0 Å². The van der Waals surface area contributed by atoms with Crippen molar-refractivity contribution in [2.75, 3.05) is 10.6 Å². The topological polar surface area (TPSA) is 59.8 Å². The molecule has 0 saturated carbocycles. The van der Waals surface area contributed by atoms with Crippen molar-refractivity contribution in [3.05, 3.63) is 30.6 Å². The minimum Gasteiger partial charge on any atom is -0.325 e. The van der Waals surface area contributed by atoms with E-state index in [9.17, 15) is 4.79 Å². The number of alkyl halides is 1. The SMILES string of the molecule is Cn1cnnc1-c1ccccc1NC(=O)CBr. The number of amides is 1. The van der Waals surface area contributed by atoms with Gasteiger partial charge in [0.15, 0.2) is 5.82 Å². The molecule has 1 amide bonds. The normalized spacial score (nSPS) is 10.2. The lowest BCUT2D eigenvalue weighted by Gasteiger charge is -2.09. The summed E-state index contributed by atoms with van der Waals surface area (Å²) in [5.74, 6) is 0.620. The molecular formula is C11H11BrN4O. The fraction of sp³-hybridized carbons (Fsp3) is 0.182. The molecule has 1 aromatic heterocycles. The smallest absolute Gasteiger partial charge is 0.235 e. The highest BCUT2D eigenvalue weighted by atomic mass is 79.9. The molecule has 0 atom stereocenters. The first-order valence-corrected chi connectivity index (χ1v) is 6.13. The highest BCUT2D eigenvalue weighted by molar-refractivity contribution is 9.09. The average Bonchev–Trinajstić information content (AvgIpc) is 2.76. The van der Waals surface area contributed by atoms with E-state index in [-0.39, 0.29) is 11.2 Å². The summed E-state index contributed by atoms with van der Waals surface area (Å²) in [7, 11) is 1.86. The minimum absolute atomic E-state index is 0.0976. The number of nitrogens with one attached hydrogen (secondary N) is 1. The molecule has 17 heavy (non-hydrogen) atoms. The second-order valence-corrected chi connectivity index (χ2v) is 4.05. The minimum atomic E-state index is -0.0976. The summed E-state index contributed by atoms with van der Waals surface area (Å²) in [4.78, 5) is 11.4. The number of para-hydroxylation sites is 1. The van der Waals surface area contributed by atoms with Crippen LogP contribution >= 0.6 is 15.9 Å².